The average molecular weight is 166 g/mol. The van der Waals surface area contributed by atoms with E-state index >= 15 is 0 Å². The van der Waals surface area contributed by atoms with Gasteiger partial charge in [-0.2, -0.15) is 0 Å². The van der Waals surface area contributed by atoms with Crippen LogP contribution in [0.2, 0.25) is 0 Å². The first-order valence-corrected chi connectivity index (χ1v) is 3.63. The third kappa shape index (κ3) is 2.10. The molecule has 66 valence electrons. The average Bonchev–Trinajstić information content (AvgIpc) is 2.10. The fourth-order valence-corrected chi connectivity index (χ4v) is 0.984. The molecule has 1 atom stereocenters. The number of ether oxygens (including phenoxy) is 2. The Hall–Kier alpha value is -0.220. The maximum absolute atomic E-state index is 12.7. The first kappa shape index (κ1) is 8.87. The van der Waals surface area contributed by atoms with Crippen LogP contribution in [-0.4, -0.2) is 31.3 Å². The molecule has 0 aliphatic carbocycles. The smallest absolute Gasteiger partial charge is 0.298 e. The summed E-state index contributed by atoms with van der Waals surface area (Å²) in [4.78, 5) is 0. The van der Waals surface area contributed by atoms with E-state index in [-0.39, 0.29) is 12.7 Å². The second kappa shape index (κ2) is 3.03. The molecule has 0 aromatic carbocycles. The molecule has 2 nitrogen and oxygen atoms in total. The van der Waals surface area contributed by atoms with Crippen LogP contribution in [-0.2, 0) is 9.47 Å². The first-order valence-electron chi connectivity index (χ1n) is 3.63. The van der Waals surface area contributed by atoms with Crippen molar-refractivity contribution in [3.63, 3.8) is 0 Å². The standard InChI is InChI=1S/C7H12F2O2/c1-5(2)11-6-3-10-4-7(6,8)9/h5-6H,3-4H2,1-2H3. The topological polar surface area (TPSA) is 18.5 Å². The van der Waals surface area contributed by atoms with E-state index in [2.05, 4.69) is 4.74 Å². The molecule has 0 radical (unpaired) electrons. The number of alkyl halides is 2. The van der Waals surface area contributed by atoms with Crippen molar-refractivity contribution in [1.29, 1.82) is 0 Å². The molecule has 0 bridgehead atoms. The molecule has 1 unspecified atom stereocenters. The Bertz CT molecular complexity index is 136. The molecule has 0 aromatic heterocycles. The second-order valence-corrected chi connectivity index (χ2v) is 2.95. The summed E-state index contributed by atoms with van der Waals surface area (Å²) in [7, 11) is 0. The minimum atomic E-state index is -2.80. The van der Waals surface area contributed by atoms with E-state index in [0.717, 1.165) is 0 Å². The summed E-state index contributed by atoms with van der Waals surface area (Å²) in [5.74, 6) is -2.80. The molecule has 11 heavy (non-hydrogen) atoms. The molecular formula is C7H12F2O2. The van der Waals surface area contributed by atoms with Crippen molar-refractivity contribution in [2.75, 3.05) is 13.2 Å². The maximum atomic E-state index is 12.7. The summed E-state index contributed by atoms with van der Waals surface area (Å²) >= 11 is 0. The van der Waals surface area contributed by atoms with Crippen LogP contribution in [0.1, 0.15) is 13.8 Å². The van der Waals surface area contributed by atoms with Crippen LogP contribution in [0.5, 0.6) is 0 Å². The van der Waals surface area contributed by atoms with Gasteiger partial charge in [0.25, 0.3) is 5.92 Å². The Kier molecular flexibility index (Phi) is 2.44. The highest BCUT2D eigenvalue weighted by Crippen LogP contribution is 2.28. The molecule has 4 heteroatoms. The lowest BCUT2D eigenvalue weighted by molar-refractivity contribution is -0.122. The van der Waals surface area contributed by atoms with Crippen molar-refractivity contribution in [3.8, 4) is 0 Å². The molecule has 0 spiro atoms. The van der Waals surface area contributed by atoms with Crippen molar-refractivity contribution in [3.05, 3.63) is 0 Å². The van der Waals surface area contributed by atoms with Gasteiger partial charge in [-0.1, -0.05) is 0 Å². The molecule has 0 N–H and O–H groups in total. The monoisotopic (exact) mass is 166 g/mol. The minimum absolute atomic E-state index is 0.00514. The summed E-state index contributed by atoms with van der Waals surface area (Å²) in [6.07, 6.45) is -1.23. The summed E-state index contributed by atoms with van der Waals surface area (Å²) in [5.41, 5.74) is 0. The SMILES string of the molecule is CC(C)OC1COCC1(F)F. The maximum Gasteiger partial charge on any atom is 0.298 e. The predicted octanol–water partition coefficient (Wildman–Crippen LogP) is 1.45. The summed E-state index contributed by atoms with van der Waals surface area (Å²) in [6, 6.07) is 0. The summed E-state index contributed by atoms with van der Waals surface area (Å²) in [6.45, 7) is 2.96. The van der Waals surface area contributed by atoms with Gasteiger partial charge in [0.15, 0.2) is 0 Å². The van der Waals surface area contributed by atoms with E-state index < -0.39 is 18.6 Å². The molecular weight excluding hydrogens is 154 g/mol. The van der Waals surface area contributed by atoms with Gasteiger partial charge in [-0.05, 0) is 13.8 Å². The highest BCUT2D eigenvalue weighted by atomic mass is 19.3. The fourth-order valence-electron chi connectivity index (χ4n) is 0.984. The molecule has 1 saturated heterocycles. The third-order valence-corrected chi connectivity index (χ3v) is 1.47. The molecule has 1 aliphatic rings. The van der Waals surface area contributed by atoms with E-state index in [1.807, 2.05) is 0 Å². The van der Waals surface area contributed by atoms with Gasteiger partial charge >= 0.3 is 0 Å². The highest BCUT2D eigenvalue weighted by molar-refractivity contribution is 4.83. The molecule has 1 rings (SSSR count). The minimum Gasteiger partial charge on any atom is -0.372 e. The van der Waals surface area contributed by atoms with Crippen LogP contribution in [0, 0.1) is 0 Å². The van der Waals surface area contributed by atoms with Gasteiger partial charge in [0.2, 0.25) is 0 Å². The summed E-state index contributed by atoms with van der Waals surface area (Å²) < 4.78 is 35.0. The van der Waals surface area contributed by atoms with Crippen molar-refractivity contribution < 1.29 is 18.3 Å². The Labute approximate surface area is 64.5 Å². The zero-order valence-electron chi connectivity index (χ0n) is 6.64. The van der Waals surface area contributed by atoms with Crippen molar-refractivity contribution in [2.45, 2.75) is 32.0 Å². The van der Waals surface area contributed by atoms with Crippen LogP contribution >= 0.6 is 0 Å². The quantitative estimate of drug-likeness (QED) is 0.618. The van der Waals surface area contributed by atoms with E-state index in [9.17, 15) is 8.78 Å². The Balaban J connectivity index is 2.45. The van der Waals surface area contributed by atoms with Crippen molar-refractivity contribution in [1.82, 2.24) is 0 Å². The third-order valence-electron chi connectivity index (χ3n) is 1.47. The lowest BCUT2D eigenvalue weighted by Crippen LogP contribution is -2.35. The van der Waals surface area contributed by atoms with E-state index in [0.29, 0.717) is 0 Å². The zero-order chi connectivity index (χ0) is 8.48. The van der Waals surface area contributed by atoms with Gasteiger partial charge in [-0.15, -0.1) is 0 Å². The molecule has 1 aliphatic heterocycles. The molecule has 1 fully saturated rings. The van der Waals surface area contributed by atoms with Gasteiger partial charge in [-0.3, -0.25) is 0 Å². The van der Waals surface area contributed by atoms with Gasteiger partial charge in [0.05, 0.1) is 12.7 Å². The lowest BCUT2D eigenvalue weighted by Gasteiger charge is -2.19. The van der Waals surface area contributed by atoms with Crippen LogP contribution < -0.4 is 0 Å². The second-order valence-electron chi connectivity index (χ2n) is 2.95. The van der Waals surface area contributed by atoms with E-state index in [1.54, 1.807) is 13.8 Å². The van der Waals surface area contributed by atoms with Gasteiger partial charge in [0.1, 0.15) is 12.7 Å². The zero-order valence-corrected chi connectivity index (χ0v) is 6.64. The number of hydrogen-bond acceptors (Lipinski definition) is 2. The van der Waals surface area contributed by atoms with Crippen LogP contribution in [0.25, 0.3) is 0 Å². The number of hydrogen-bond donors (Lipinski definition) is 0. The largest absolute Gasteiger partial charge is 0.372 e. The lowest BCUT2D eigenvalue weighted by atomic mass is 10.2. The van der Waals surface area contributed by atoms with Gasteiger partial charge < -0.3 is 9.47 Å². The van der Waals surface area contributed by atoms with Crippen LogP contribution in [0.3, 0.4) is 0 Å². The van der Waals surface area contributed by atoms with Crippen LogP contribution in [0.4, 0.5) is 8.78 Å². The summed E-state index contributed by atoms with van der Waals surface area (Å²) in [5, 5.41) is 0. The molecule has 0 saturated carbocycles. The molecule has 0 amide bonds. The van der Waals surface area contributed by atoms with E-state index in [4.69, 9.17) is 4.74 Å². The fraction of sp³-hybridized carbons (Fsp3) is 1.00. The van der Waals surface area contributed by atoms with Crippen LogP contribution in [0.15, 0.2) is 0 Å². The Morgan fingerprint density at radius 1 is 1.55 bits per heavy atom. The number of rotatable bonds is 2. The number of halogens is 2. The van der Waals surface area contributed by atoms with Gasteiger partial charge in [-0.25, -0.2) is 8.78 Å². The van der Waals surface area contributed by atoms with E-state index in [1.165, 1.54) is 0 Å². The Morgan fingerprint density at radius 2 is 2.18 bits per heavy atom. The normalized spacial score (nSPS) is 29.7. The Morgan fingerprint density at radius 3 is 2.55 bits per heavy atom. The molecule has 0 aromatic rings. The highest BCUT2D eigenvalue weighted by Gasteiger charge is 2.46. The van der Waals surface area contributed by atoms with Crippen molar-refractivity contribution >= 4 is 0 Å². The first-order chi connectivity index (χ1) is 5.02. The van der Waals surface area contributed by atoms with Gasteiger partial charge in [0, 0.05) is 0 Å². The van der Waals surface area contributed by atoms with Crippen molar-refractivity contribution in [2.24, 2.45) is 0 Å². The molecule has 1 heterocycles. The predicted molar refractivity (Wildman–Crippen MR) is 35.8 cm³/mol.